The molecule has 0 saturated carbocycles. The van der Waals surface area contributed by atoms with Gasteiger partial charge in [-0.3, -0.25) is 0 Å². The number of halogens is 2. The van der Waals surface area contributed by atoms with Crippen LogP contribution in [0.4, 0.5) is 0 Å². The van der Waals surface area contributed by atoms with Gasteiger partial charge in [-0.2, -0.15) is 0 Å². The summed E-state index contributed by atoms with van der Waals surface area (Å²) in [6, 6.07) is 5.70. The molecule has 2 rings (SSSR count). The number of hydrogen-bond acceptors (Lipinski definition) is 4. The predicted molar refractivity (Wildman–Crippen MR) is 113 cm³/mol. The van der Waals surface area contributed by atoms with Gasteiger partial charge in [-0.25, -0.2) is 4.99 Å². The van der Waals surface area contributed by atoms with Gasteiger partial charge < -0.3 is 20.2 Å². The standard InChI is InChI=1S/C16H22BrN3O2S.HI/c1-4-18-15(19-8-13-7-12(17)9-23-13)20-10-16(3,21)14-6-5-11(2)22-14;/h5-7,9,21H,4,8,10H2,1-3H3,(H2,18,19,20);1H. The minimum atomic E-state index is -1.10. The van der Waals surface area contributed by atoms with Crippen LogP contribution in [0.3, 0.4) is 0 Å². The third-order valence-corrected chi connectivity index (χ3v) is 4.91. The van der Waals surface area contributed by atoms with Crippen molar-refractivity contribution >= 4 is 57.2 Å². The number of guanidine groups is 1. The third-order valence-electron chi connectivity index (χ3n) is 3.23. The summed E-state index contributed by atoms with van der Waals surface area (Å²) in [6.45, 7) is 7.23. The first-order chi connectivity index (χ1) is 10.9. The molecule has 1 atom stereocenters. The zero-order valence-electron chi connectivity index (χ0n) is 13.9. The summed E-state index contributed by atoms with van der Waals surface area (Å²) < 4.78 is 6.59. The average Bonchev–Trinajstić information content (AvgIpc) is 3.11. The van der Waals surface area contributed by atoms with Crippen molar-refractivity contribution in [3.8, 4) is 0 Å². The quantitative estimate of drug-likeness (QED) is 0.302. The topological polar surface area (TPSA) is 69.8 Å². The van der Waals surface area contributed by atoms with Crippen molar-refractivity contribution in [2.45, 2.75) is 32.9 Å². The Morgan fingerprint density at radius 3 is 2.71 bits per heavy atom. The molecule has 134 valence electrons. The Morgan fingerprint density at radius 2 is 2.17 bits per heavy atom. The second-order valence-corrected chi connectivity index (χ2v) is 7.38. The normalized spacial score (nSPS) is 14.0. The van der Waals surface area contributed by atoms with E-state index in [1.54, 1.807) is 24.3 Å². The van der Waals surface area contributed by atoms with E-state index < -0.39 is 5.60 Å². The van der Waals surface area contributed by atoms with E-state index in [-0.39, 0.29) is 24.0 Å². The Hall–Kier alpha value is -0.580. The lowest BCUT2D eigenvalue weighted by Gasteiger charge is -2.22. The van der Waals surface area contributed by atoms with Gasteiger partial charge in [0.1, 0.15) is 17.1 Å². The lowest BCUT2D eigenvalue weighted by molar-refractivity contribution is 0.0378. The van der Waals surface area contributed by atoms with Crippen molar-refractivity contribution in [2.75, 3.05) is 13.1 Å². The maximum Gasteiger partial charge on any atom is 0.191 e. The van der Waals surface area contributed by atoms with Crippen LogP contribution in [-0.2, 0) is 12.1 Å². The highest BCUT2D eigenvalue weighted by atomic mass is 127. The molecule has 2 aromatic heterocycles. The molecule has 8 heteroatoms. The second kappa shape index (κ2) is 9.79. The number of furan rings is 1. The molecule has 24 heavy (non-hydrogen) atoms. The molecule has 0 aliphatic carbocycles. The van der Waals surface area contributed by atoms with Gasteiger partial charge in [-0.15, -0.1) is 35.3 Å². The number of aliphatic imine (C=N–C) groups is 1. The zero-order valence-corrected chi connectivity index (χ0v) is 18.7. The Balaban J connectivity index is 0.00000288. The van der Waals surface area contributed by atoms with Crippen molar-refractivity contribution in [2.24, 2.45) is 4.99 Å². The van der Waals surface area contributed by atoms with Gasteiger partial charge in [0, 0.05) is 21.3 Å². The molecule has 2 aromatic rings. The van der Waals surface area contributed by atoms with Crippen molar-refractivity contribution in [1.29, 1.82) is 0 Å². The van der Waals surface area contributed by atoms with Crippen molar-refractivity contribution in [3.05, 3.63) is 44.4 Å². The molecule has 1 unspecified atom stereocenters. The smallest absolute Gasteiger partial charge is 0.191 e. The molecule has 0 aromatic carbocycles. The first-order valence-electron chi connectivity index (χ1n) is 7.45. The second-order valence-electron chi connectivity index (χ2n) is 5.46. The highest BCUT2D eigenvalue weighted by molar-refractivity contribution is 14.0. The van der Waals surface area contributed by atoms with Crippen LogP contribution in [0.2, 0.25) is 0 Å². The van der Waals surface area contributed by atoms with E-state index in [2.05, 4.69) is 37.6 Å². The van der Waals surface area contributed by atoms with Crippen LogP contribution in [0.15, 0.2) is 37.5 Å². The van der Waals surface area contributed by atoms with Gasteiger partial charge in [0.15, 0.2) is 5.96 Å². The van der Waals surface area contributed by atoms with E-state index >= 15 is 0 Å². The first-order valence-corrected chi connectivity index (χ1v) is 9.12. The summed E-state index contributed by atoms with van der Waals surface area (Å²) in [4.78, 5) is 5.71. The number of hydrogen-bond donors (Lipinski definition) is 3. The Labute approximate surface area is 172 Å². The Morgan fingerprint density at radius 1 is 1.42 bits per heavy atom. The van der Waals surface area contributed by atoms with Gasteiger partial charge >= 0.3 is 0 Å². The van der Waals surface area contributed by atoms with E-state index in [0.29, 0.717) is 24.8 Å². The maximum absolute atomic E-state index is 10.6. The number of nitrogens with one attached hydrogen (secondary N) is 2. The highest BCUT2D eigenvalue weighted by Crippen LogP contribution is 2.22. The van der Waals surface area contributed by atoms with Gasteiger partial charge in [0.2, 0.25) is 0 Å². The summed E-state index contributed by atoms with van der Waals surface area (Å²) >= 11 is 5.10. The van der Waals surface area contributed by atoms with Crippen molar-refractivity contribution < 1.29 is 9.52 Å². The predicted octanol–water partition coefficient (Wildman–Crippen LogP) is 3.99. The van der Waals surface area contributed by atoms with Crippen LogP contribution < -0.4 is 10.6 Å². The van der Waals surface area contributed by atoms with Gasteiger partial charge in [0.05, 0.1) is 13.1 Å². The van der Waals surface area contributed by atoms with Crippen LogP contribution in [0, 0.1) is 6.92 Å². The van der Waals surface area contributed by atoms with Crippen LogP contribution >= 0.6 is 51.2 Å². The molecule has 5 nitrogen and oxygen atoms in total. The van der Waals surface area contributed by atoms with Crippen molar-refractivity contribution in [1.82, 2.24) is 10.6 Å². The fourth-order valence-corrected chi connectivity index (χ4v) is 3.38. The number of aliphatic hydroxyl groups is 1. The van der Waals surface area contributed by atoms with Crippen LogP contribution in [0.1, 0.15) is 30.2 Å². The molecule has 0 aliphatic rings. The molecule has 0 radical (unpaired) electrons. The van der Waals surface area contributed by atoms with Crippen LogP contribution in [0.25, 0.3) is 0 Å². The number of rotatable bonds is 6. The van der Waals surface area contributed by atoms with E-state index in [1.165, 1.54) is 4.88 Å². The number of nitrogens with zero attached hydrogens (tertiary/aromatic N) is 1. The fourth-order valence-electron chi connectivity index (χ4n) is 2.00. The third kappa shape index (κ3) is 6.38. The molecule has 0 saturated heterocycles. The molecule has 0 bridgehead atoms. The zero-order chi connectivity index (χ0) is 16.9. The molecular formula is C16H23BrIN3O2S. The summed E-state index contributed by atoms with van der Waals surface area (Å²) in [7, 11) is 0. The summed E-state index contributed by atoms with van der Waals surface area (Å²) in [5.74, 6) is 1.99. The van der Waals surface area contributed by atoms with E-state index in [9.17, 15) is 5.11 Å². The summed E-state index contributed by atoms with van der Waals surface area (Å²) in [5.41, 5.74) is -1.10. The minimum Gasteiger partial charge on any atom is -0.463 e. The maximum atomic E-state index is 10.6. The minimum absolute atomic E-state index is 0. The molecule has 0 amide bonds. The molecule has 0 spiro atoms. The fraction of sp³-hybridized carbons (Fsp3) is 0.438. The Bertz CT molecular complexity index is 670. The van der Waals surface area contributed by atoms with Gasteiger partial charge in [-0.05, 0) is 54.9 Å². The molecule has 0 fully saturated rings. The van der Waals surface area contributed by atoms with Gasteiger partial charge in [0.25, 0.3) is 0 Å². The monoisotopic (exact) mass is 527 g/mol. The van der Waals surface area contributed by atoms with E-state index in [0.717, 1.165) is 16.8 Å². The summed E-state index contributed by atoms with van der Waals surface area (Å²) in [6.07, 6.45) is 0. The average molecular weight is 528 g/mol. The largest absolute Gasteiger partial charge is 0.463 e. The van der Waals surface area contributed by atoms with E-state index in [4.69, 9.17) is 4.42 Å². The number of aryl methyl sites for hydroxylation is 1. The number of thiophene rings is 1. The SMILES string of the molecule is CCNC(=NCc1cc(Br)cs1)NCC(C)(O)c1ccc(C)o1.I. The highest BCUT2D eigenvalue weighted by Gasteiger charge is 2.27. The molecule has 2 heterocycles. The molecular weight excluding hydrogens is 505 g/mol. The first kappa shape index (κ1) is 21.5. The van der Waals surface area contributed by atoms with Gasteiger partial charge in [-0.1, -0.05) is 0 Å². The Kier molecular flexibility index (Phi) is 8.75. The van der Waals surface area contributed by atoms with Crippen LogP contribution in [0.5, 0.6) is 0 Å². The lowest BCUT2D eigenvalue weighted by atomic mass is 10.0. The van der Waals surface area contributed by atoms with E-state index in [1.807, 2.05) is 25.3 Å². The molecule has 3 N–H and O–H groups in total. The lowest BCUT2D eigenvalue weighted by Crippen LogP contribution is -2.44. The van der Waals surface area contributed by atoms with Crippen molar-refractivity contribution in [3.63, 3.8) is 0 Å². The molecule has 0 aliphatic heterocycles. The van der Waals surface area contributed by atoms with Crippen LogP contribution in [-0.4, -0.2) is 24.2 Å². The summed E-state index contributed by atoms with van der Waals surface area (Å²) in [5, 5.41) is 18.9.